The van der Waals surface area contributed by atoms with E-state index in [1.54, 1.807) is 18.4 Å². The van der Waals surface area contributed by atoms with Gasteiger partial charge in [0.05, 0.1) is 13.7 Å². The Morgan fingerprint density at radius 2 is 2.11 bits per heavy atom. The second-order valence-corrected chi connectivity index (χ2v) is 4.86. The van der Waals surface area contributed by atoms with Crippen LogP contribution in [-0.2, 0) is 13.0 Å². The summed E-state index contributed by atoms with van der Waals surface area (Å²) in [5.74, 6) is 1.50. The third kappa shape index (κ3) is 3.03. The van der Waals surface area contributed by atoms with Crippen molar-refractivity contribution in [2.75, 3.05) is 13.7 Å². The lowest BCUT2D eigenvalue weighted by Crippen LogP contribution is -2.06. The molecule has 2 aromatic rings. The van der Waals surface area contributed by atoms with Crippen molar-refractivity contribution in [2.45, 2.75) is 13.0 Å². The molecule has 0 aliphatic rings. The summed E-state index contributed by atoms with van der Waals surface area (Å²) < 4.78 is 11.1. The Labute approximate surface area is 111 Å². The van der Waals surface area contributed by atoms with Crippen LogP contribution in [0.25, 0.3) is 0 Å². The molecule has 96 valence electrons. The van der Waals surface area contributed by atoms with Crippen molar-refractivity contribution in [2.24, 2.45) is 5.73 Å². The average Bonchev–Trinajstić information content (AvgIpc) is 2.92. The number of methoxy groups -OCH3 is 1. The molecule has 0 bridgehead atoms. The fourth-order valence-electron chi connectivity index (χ4n) is 1.76. The third-order valence-corrected chi connectivity index (χ3v) is 3.61. The van der Waals surface area contributed by atoms with Gasteiger partial charge < -0.3 is 15.2 Å². The maximum Gasteiger partial charge on any atom is 0.165 e. The second-order valence-electron chi connectivity index (χ2n) is 3.83. The lowest BCUT2D eigenvalue weighted by Gasteiger charge is -2.13. The summed E-state index contributed by atoms with van der Waals surface area (Å²) in [6.07, 6.45) is 0.903. The molecule has 0 atom stereocenters. The molecular formula is C14H17NO2S. The van der Waals surface area contributed by atoms with E-state index in [0.717, 1.165) is 23.5 Å². The molecule has 1 aromatic carbocycles. The van der Waals surface area contributed by atoms with Crippen LogP contribution in [0.3, 0.4) is 0 Å². The van der Waals surface area contributed by atoms with Gasteiger partial charge in [0.1, 0.15) is 0 Å². The molecular weight excluding hydrogens is 246 g/mol. The van der Waals surface area contributed by atoms with Crippen LogP contribution in [0.4, 0.5) is 0 Å². The monoisotopic (exact) mass is 263 g/mol. The van der Waals surface area contributed by atoms with Crippen molar-refractivity contribution in [3.63, 3.8) is 0 Å². The largest absolute Gasteiger partial charge is 0.493 e. The zero-order valence-electron chi connectivity index (χ0n) is 10.4. The van der Waals surface area contributed by atoms with Gasteiger partial charge >= 0.3 is 0 Å². The molecule has 2 rings (SSSR count). The predicted molar refractivity (Wildman–Crippen MR) is 74.4 cm³/mol. The van der Waals surface area contributed by atoms with Gasteiger partial charge in [0.2, 0.25) is 0 Å². The molecule has 0 saturated carbocycles. The van der Waals surface area contributed by atoms with E-state index in [0.29, 0.717) is 13.2 Å². The van der Waals surface area contributed by atoms with E-state index >= 15 is 0 Å². The van der Waals surface area contributed by atoms with Gasteiger partial charge in [-0.25, -0.2) is 0 Å². The second kappa shape index (κ2) is 6.42. The minimum absolute atomic E-state index is 0.450. The molecule has 0 radical (unpaired) electrons. The van der Waals surface area contributed by atoms with Crippen molar-refractivity contribution in [3.05, 3.63) is 46.2 Å². The van der Waals surface area contributed by atoms with Gasteiger partial charge in [-0.1, -0.05) is 18.2 Å². The van der Waals surface area contributed by atoms with Crippen LogP contribution >= 0.6 is 11.3 Å². The van der Waals surface area contributed by atoms with Gasteiger partial charge in [-0.15, -0.1) is 11.3 Å². The maximum atomic E-state index is 5.83. The quantitative estimate of drug-likeness (QED) is 0.871. The number of thiophene rings is 1. The van der Waals surface area contributed by atoms with Crippen molar-refractivity contribution in [3.8, 4) is 11.5 Å². The molecule has 0 saturated heterocycles. The first-order valence-corrected chi connectivity index (χ1v) is 6.74. The number of ether oxygens (including phenoxy) is 2. The summed E-state index contributed by atoms with van der Waals surface area (Å²) in [5, 5.41) is 2.07. The standard InChI is InChI=1S/C14H17NO2S/c1-16-13-6-2-4-11(10-15)14(13)17-8-7-12-5-3-9-18-12/h2-6,9H,7-8,10,15H2,1H3. The lowest BCUT2D eigenvalue weighted by molar-refractivity contribution is 0.295. The topological polar surface area (TPSA) is 44.5 Å². The van der Waals surface area contributed by atoms with E-state index in [9.17, 15) is 0 Å². The molecule has 0 aliphatic carbocycles. The zero-order chi connectivity index (χ0) is 12.8. The van der Waals surface area contributed by atoms with Crippen molar-refractivity contribution in [1.29, 1.82) is 0 Å². The number of hydrogen-bond acceptors (Lipinski definition) is 4. The van der Waals surface area contributed by atoms with E-state index in [4.69, 9.17) is 15.2 Å². The van der Waals surface area contributed by atoms with Gasteiger partial charge in [0.25, 0.3) is 0 Å². The molecule has 2 N–H and O–H groups in total. The Bertz CT molecular complexity index is 460. The normalized spacial score (nSPS) is 10.3. The van der Waals surface area contributed by atoms with Crippen LogP contribution < -0.4 is 15.2 Å². The molecule has 0 aliphatic heterocycles. The minimum atomic E-state index is 0.450. The maximum absolute atomic E-state index is 5.83. The Kier molecular flexibility index (Phi) is 4.61. The molecule has 1 heterocycles. The SMILES string of the molecule is COc1cccc(CN)c1OCCc1cccs1. The zero-order valence-corrected chi connectivity index (χ0v) is 11.2. The van der Waals surface area contributed by atoms with Crippen LogP contribution in [0.2, 0.25) is 0 Å². The molecule has 3 nitrogen and oxygen atoms in total. The summed E-state index contributed by atoms with van der Waals surface area (Å²) in [5.41, 5.74) is 6.68. The molecule has 0 fully saturated rings. The average molecular weight is 263 g/mol. The van der Waals surface area contributed by atoms with E-state index in [1.165, 1.54) is 4.88 Å². The van der Waals surface area contributed by atoms with E-state index < -0.39 is 0 Å². The molecule has 4 heteroatoms. The van der Waals surface area contributed by atoms with Crippen molar-refractivity contribution in [1.82, 2.24) is 0 Å². The Hall–Kier alpha value is -1.52. The molecule has 0 amide bonds. The van der Waals surface area contributed by atoms with E-state index in [1.807, 2.05) is 18.2 Å². The van der Waals surface area contributed by atoms with Gasteiger partial charge in [-0.05, 0) is 17.5 Å². The van der Waals surface area contributed by atoms with Crippen LogP contribution in [-0.4, -0.2) is 13.7 Å². The first-order valence-electron chi connectivity index (χ1n) is 5.86. The van der Waals surface area contributed by atoms with Crippen LogP contribution in [0.15, 0.2) is 35.7 Å². The Balaban J connectivity index is 2.03. The van der Waals surface area contributed by atoms with Crippen molar-refractivity contribution >= 4 is 11.3 Å². The summed E-state index contributed by atoms with van der Waals surface area (Å²) in [4.78, 5) is 1.32. The van der Waals surface area contributed by atoms with Gasteiger partial charge in [-0.3, -0.25) is 0 Å². The summed E-state index contributed by atoms with van der Waals surface area (Å²) in [7, 11) is 1.64. The van der Waals surface area contributed by atoms with Crippen LogP contribution in [0.1, 0.15) is 10.4 Å². The van der Waals surface area contributed by atoms with E-state index in [2.05, 4.69) is 17.5 Å². The molecule has 1 aromatic heterocycles. The third-order valence-electron chi connectivity index (χ3n) is 2.68. The summed E-state index contributed by atoms with van der Waals surface area (Å²) in [6, 6.07) is 9.93. The highest BCUT2D eigenvalue weighted by atomic mass is 32.1. The first-order chi connectivity index (χ1) is 8.85. The Morgan fingerprint density at radius 1 is 1.22 bits per heavy atom. The fraction of sp³-hybridized carbons (Fsp3) is 0.286. The number of hydrogen-bond donors (Lipinski definition) is 1. The number of benzene rings is 1. The molecule has 18 heavy (non-hydrogen) atoms. The highest BCUT2D eigenvalue weighted by molar-refractivity contribution is 7.09. The van der Waals surface area contributed by atoms with Gasteiger partial charge in [0, 0.05) is 23.4 Å². The predicted octanol–water partition coefficient (Wildman–Crippen LogP) is 2.84. The highest BCUT2D eigenvalue weighted by Gasteiger charge is 2.09. The number of rotatable bonds is 6. The minimum Gasteiger partial charge on any atom is -0.493 e. The molecule has 0 unspecified atom stereocenters. The summed E-state index contributed by atoms with van der Waals surface area (Å²) >= 11 is 1.74. The van der Waals surface area contributed by atoms with Gasteiger partial charge in [0.15, 0.2) is 11.5 Å². The van der Waals surface area contributed by atoms with Crippen LogP contribution in [0, 0.1) is 0 Å². The summed E-state index contributed by atoms with van der Waals surface area (Å²) in [6.45, 7) is 1.08. The van der Waals surface area contributed by atoms with Crippen molar-refractivity contribution < 1.29 is 9.47 Å². The van der Waals surface area contributed by atoms with Crippen LogP contribution in [0.5, 0.6) is 11.5 Å². The number of nitrogens with two attached hydrogens (primary N) is 1. The lowest BCUT2D eigenvalue weighted by atomic mass is 10.2. The smallest absolute Gasteiger partial charge is 0.165 e. The fourth-order valence-corrected chi connectivity index (χ4v) is 2.45. The number of para-hydroxylation sites is 1. The van der Waals surface area contributed by atoms with E-state index in [-0.39, 0.29) is 0 Å². The van der Waals surface area contributed by atoms with Gasteiger partial charge in [-0.2, -0.15) is 0 Å². The highest BCUT2D eigenvalue weighted by Crippen LogP contribution is 2.30. The first kappa shape index (κ1) is 12.9. The molecule has 0 spiro atoms. The Morgan fingerprint density at radius 3 is 2.78 bits per heavy atom.